The zero-order valence-corrected chi connectivity index (χ0v) is 16.8. The van der Waals surface area contributed by atoms with Gasteiger partial charge in [0.15, 0.2) is 11.6 Å². The Bertz CT molecular complexity index is 1200. The molecule has 0 aliphatic carbocycles. The Morgan fingerprint density at radius 1 is 1.21 bits per heavy atom. The third-order valence-corrected chi connectivity index (χ3v) is 5.97. The number of nitrogens with one attached hydrogen (secondary N) is 1. The molecule has 1 N–H and O–H groups in total. The number of halogens is 1. The van der Waals surface area contributed by atoms with Crippen LogP contribution in [0.3, 0.4) is 0 Å². The zero-order valence-electron chi connectivity index (χ0n) is 15.1. The van der Waals surface area contributed by atoms with Crippen LogP contribution in [0.15, 0.2) is 58.3 Å². The van der Waals surface area contributed by atoms with Gasteiger partial charge in [-0.1, -0.05) is 18.2 Å². The fourth-order valence-corrected chi connectivity index (χ4v) is 4.54. The first kappa shape index (κ1) is 19.3. The summed E-state index contributed by atoms with van der Waals surface area (Å²) < 4.78 is 20.1. The number of thiophene rings is 2. The highest BCUT2D eigenvalue weighted by atomic mass is 32.1. The third-order valence-electron chi connectivity index (χ3n) is 4.18. The summed E-state index contributed by atoms with van der Waals surface area (Å²) in [5.74, 6) is -0.675. The number of para-hydroxylation sites is 1. The van der Waals surface area contributed by atoms with E-state index < -0.39 is 5.82 Å². The van der Waals surface area contributed by atoms with Crippen LogP contribution < -0.4 is 15.6 Å². The van der Waals surface area contributed by atoms with Gasteiger partial charge in [-0.05, 0) is 23.6 Å². The Balaban J connectivity index is 1.41. The number of hydrogen-bond acceptors (Lipinski definition) is 6. The molecule has 0 atom stereocenters. The first-order chi connectivity index (χ1) is 14.1. The van der Waals surface area contributed by atoms with Crippen molar-refractivity contribution in [1.82, 2.24) is 14.9 Å². The summed E-state index contributed by atoms with van der Waals surface area (Å²) in [4.78, 5) is 31.0. The molecule has 0 saturated heterocycles. The molecule has 148 valence electrons. The van der Waals surface area contributed by atoms with Gasteiger partial charge in [-0.3, -0.25) is 14.2 Å². The van der Waals surface area contributed by atoms with Crippen LogP contribution in [0.2, 0.25) is 0 Å². The molecule has 9 heteroatoms. The largest absolute Gasteiger partial charge is 0.489 e. The van der Waals surface area contributed by atoms with Gasteiger partial charge in [0, 0.05) is 15.8 Å². The Labute approximate surface area is 173 Å². The van der Waals surface area contributed by atoms with Crippen LogP contribution in [0, 0.1) is 5.82 Å². The van der Waals surface area contributed by atoms with E-state index >= 15 is 0 Å². The van der Waals surface area contributed by atoms with Crippen molar-refractivity contribution in [3.05, 3.63) is 69.7 Å². The first-order valence-electron chi connectivity index (χ1n) is 8.78. The average molecular weight is 429 g/mol. The van der Waals surface area contributed by atoms with E-state index in [9.17, 15) is 14.0 Å². The van der Waals surface area contributed by atoms with Gasteiger partial charge in [0.2, 0.25) is 5.91 Å². The van der Waals surface area contributed by atoms with Crippen molar-refractivity contribution in [1.29, 1.82) is 0 Å². The van der Waals surface area contributed by atoms with E-state index in [1.165, 1.54) is 34.4 Å². The minimum absolute atomic E-state index is 0.117. The molecule has 1 amide bonds. The van der Waals surface area contributed by atoms with Crippen molar-refractivity contribution in [3.63, 3.8) is 0 Å². The number of nitrogens with zero attached hydrogens (tertiary/aromatic N) is 2. The van der Waals surface area contributed by atoms with E-state index in [0.29, 0.717) is 10.2 Å². The molecule has 0 spiro atoms. The lowest BCUT2D eigenvalue weighted by Crippen LogP contribution is -2.34. The molecule has 4 aromatic rings. The number of amides is 1. The van der Waals surface area contributed by atoms with Crippen LogP contribution in [-0.2, 0) is 11.3 Å². The van der Waals surface area contributed by atoms with Gasteiger partial charge >= 0.3 is 0 Å². The Morgan fingerprint density at radius 3 is 2.86 bits per heavy atom. The quantitative estimate of drug-likeness (QED) is 0.456. The minimum Gasteiger partial charge on any atom is -0.489 e. The van der Waals surface area contributed by atoms with Crippen molar-refractivity contribution in [3.8, 4) is 16.2 Å². The van der Waals surface area contributed by atoms with Crippen molar-refractivity contribution in [2.24, 2.45) is 0 Å². The SMILES string of the molecule is O=C(Cn1cnc2scc(-c3cccs3)c2c1=O)NCCOc1ccccc1F. The number of carbonyl (C=O) groups excluding carboxylic acids is 1. The molecule has 0 fully saturated rings. The molecule has 0 aliphatic rings. The lowest BCUT2D eigenvalue weighted by molar-refractivity contribution is -0.121. The van der Waals surface area contributed by atoms with Gasteiger partial charge in [-0.25, -0.2) is 9.37 Å². The van der Waals surface area contributed by atoms with E-state index in [0.717, 1.165) is 10.4 Å². The zero-order chi connectivity index (χ0) is 20.2. The fraction of sp³-hybridized carbons (Fsp3) is 0.150. The third kappa shape index (κ3) is 4.20. The molecule has 3 heterocycles. The number of rotatable bonds is 7. The van der Waals surface area contributed by atoms with E-state index in [1.807, 2.05) is 22.9 Å². The highest BCUT2D eigenvalue weighted by Gasteiger charge is 2.15. The summed E-state index contributed by atoms with van der Waals surface area (Å²) in [6.45, 7) is 0.156. The van der Waals surface area contributed by atoms with Gasteiger partial charge in [0.05, 0.1) is 18.3 Å². The van der Waals surface area contributed by atoms with Crippen LogP contribution in [0.4, 0.5) is 4.39 Å². The van der Waals surface area contributed by atoms with Crippen LogP contribution >= 0.6 is 22.7 Å². The van der Waals surface area contributed by atoms with Crippen LogP contribution in [0.1, 0.15) is 0 Å². The standard InChI is InChI=1S/C20H16FN3O3S2/c21-14-4-1-2-5-15(14)27-8-7-22-17(25)10-24-12-23-19-18(20(24)26)13(11-29-19)16-6-3-9-28-16/h1-6,9,11-12H,7-8,10H2,(H,22,25). The fourth-order valence-electron chi connectivity index (χ4n) is 2.82. The summed E-state index contributed by atoms with van der Waals surface area (Å²) in [7, 11) is 0. The maximum absolute atomic E-state index is 13.5. The lowest BCUT2D eigenvalue weighted by atomic mass is 10.2. The van der Waals surface area contributed by atoms with Gasteiger partial charge in [0.25, 0.3) is 5.56 Å². The number of benzene rings is 1. The second-order valence-corrected chi connectivity index (χ2v) is 7.92. The summed E-state index contributed by atoms with van der Waals surface area (Å²) in [5, 5.41) is 7.05. The van der Waals surface area contributed by atoms with Crippen molar-refractivity contribution in [2.45, 2.75) is 6.54 Å². The van der Waals surface area contributed by atoms with Crippen molar-refractivity contribution < 1.29 is 13.9 Å². The molecule has 0 aliphatic heterocycles. The van der Waals surface area contributed by atoms with Crippen LogP contribution in [-0.4, -0.2) is 28.6 Å². The van der Waals surface area contributed by atoms with E-state index in [4.69, 9.17) is 4.74 Å². The van der Waals surface area contributed by atoms with Crippen LogP contribution in [0.5, 0.6) is 5.75 Å². The number of fused-ring (bicyclic) bond motifs is 1. The molecule has 0 radical (unpaired) electrons. The molecule has 0 unspecified atom stereocenters. The minimum atomic E-state index is -0.456. The van der Waals surface area contributed by atoms with Crippen molar-refractivity contribution in [2.75, 3.05) is 13.2 Å². The summed E-state index contributed by atoms with van der Waals surface area (Å²) in [6.07, 6.45) is 1.38. The molecule has 1 aromatic carbocycles. The Hall–Kier alpha value is -3.04. The summed E-state index contributed by atoms with van der Waals surface area (Å²) >= 11 is 2.95. The molecule has 29 heavy (non-hydrogen) atoms. The maximum Gasteiger partial charge on any atom is 0.263 e. The van der Waals surface area contributed by atoms with Gasteiger partial charge < -0.3 is 10.1 Å². The molecule has 0 saturated carbocycles. The maximum atomic E-state index is 13.5. The predicted molar refractivity (Wildman–Crippen MR) is 112 cm³/mol. The normalized spacial score (nSPS) is 10.9. The highest BCUT2D eigenvalue weighted by Crippen LogP contribution is 2.33. The highest BCUT2D eigenvalue weighted by molar-refractivity contribution is 7.18. The number of carbonyl (C=O) groups is 1. The van der Waals surface area contributed by atoms with E-state index in [2.05, 4.69) is 10.3 Å². The molecular weight excluding hydrogens is 413 g/mol. The molecule has 0 bridgehead atoms. The second kappa shape index (κ2) is 8.54. The van der Waals surface area contributed by atoms with E-state index in [-0.39, 0.29) is 36.9 Å². The van der Waals surface area contributed by atoms with Gasteiger partial charge in [-0.15, -0.1) is 22.7 Å². The Morgan fingerprint density at radius 2 is 2.07 bits per heavy atom. The number of aromatic nitrogens is 2. The predicted octanol–water partition coefficient (Wildman–Crippen LogP) is 3.52. The lowest BCUT2D eigenvalue weighted by Gasteiger charge is -2.09. The first-order valence-corrected chi connectivity index (χ1v) is 10.5. The Kier molecular flexibility index (Phi) is 5.68. The molecule has 4 rings (SSSR count). The number of ether oxygens (including phenoxy) is 1. The smallest absolute Gasteiger partial charge is 0.263 e. The average Bonchev–Trinajstić information content (AvgIpc) is 3.38. The van der Waals surface area contributed by atoms with E-state index in [1.54, 1.807) is 23.5 Å². The molecular formula is C20H16FN3O3S2. The second-order valence-electron chi connectivity index (χ2n) is 6.11. The molecule has 6 nitrogen and oxygen atoms in total. The van der Waals surface area contributed by atoms with Crippen LogP contribution in [0.25, 0.3) is 20.7 Å². The summed E-state index contributed by atoms with van der Waals surface area (Å²) in [5.41, 5.74) is 0.586. The topological polar surface area (TPSA) is 73.2 Å². The summed E-state index contributed by atoms with van der Waals surface area (Å²) in [6, 6.07) is 9.94. The van der Waals surface area contributed by atoms with Gasteiger partial charge in [0.1, 0.15) is 18.0 Å². The monoisotopic (exact) mass is 429 g/mol. The molecule has 3 aromatic heterocycles. The van der Waals surface area contributed by atoms with Crippen molar-refractivity contribution >= 4 is 38.8 Å². The van der Waals surface area contributed by atoms with Gasteiger partial charge in [-0.2, -0.15) is 0 Å². The number of hydrogen-bond donors (Lipinski definition) is 1.